The molecule has 0 aliphatic rings. The molecular weight excluding hydrogens is 449 g/mol. The summed E-state index contributed by atoms with van der Waals surface area (Å²) in [5.41, 5.74) is 2.99. The SMILES string of the molecule is COc1ccc(NCc2cc(Cl)c(OCc3ccc(Br)cc3)c(Cl)c2)cc1. The van der Waals surface area contributed by atoms with Crippen molar-refractivity contribution in [3.05, 3.63) is 86.3 Å². The van der Waals surface area contributed by atoms with E-state index in [1.54, 1.807) is 7.11 Å². The number of rotatable bonds is 7. The predicted octanol–water partition coefficient (Wildman–Crippen LogP) is 6.96. The maximum Gasteiger partial charge on any atom is 0.156 e. The molecule has 0 unspecified atom stereocenters. The molecule has 3 rings (SSSR count). The van der Waals surface area contributed by atoms with Crippen LogP contribution in [0, 0.1) is 0 Å². The number of ether oxygens (including phenoxy) is 2. The molecule has 3 aromatic rings. The van der Waals surface area contributed by atoms with Crippen LogP contribution in [0.2, 0.25) is 10.0 Å². The van der Waals surface area contributed by atoms with Gasteiger partial charge in [-0.25, -0.2) is 0 Å². The number of hydrogen-bond acceptors (Lipinski definition) is 3. The van der Waals surface area contributed by atoms with Gasteiger partial charge in [0.05, 0.1) is 17.2 Å². The topological polar surface area (TPSA) is 30.5 Å². The molecule has 0 spiro atoms. The zero-order valence-electron chi connectivity index (χ0n) is 14.6. The Morgan fingerprint density at radius 2 is 1.52 bits per heavy atom. The van der Waals surface area contributed by atoms with Crippen molar-refractivity contribution >= 4 is 44.8 Å². The van der Waals surface area contributed by atoms with Crippen LogP contribution in [-0.4, -0.2) is 7.11 Å². The number of anilines is 1. The van der Waals surface area contributed by atoms with Gasteiger partial charge in [0.2, 0.25) is 0 Å². The molecule has 0 radical (unpaired) electrons. The van der Waals surface area contributed by atoms with Gasteiger partial charge in [0.1, 0.15) is 12.4 Å². The van der Waals surface area contributed by atoms with Gasteiger partial charge >= 0.3 is 0 Å². The fourth-order valence-corrected chi connectivity index (χ4v) is 3.41. The van der Waals surface area contributed by atoms with Gasteiger partial charge in [0, 0.05) is 16.7 Å². The molecular formula is C21H18BrCl2NO2. The Bertz CT molecular complexity index is 876. The molecule has 0 saturated heterocycles. The van der Waals surface area contributed by atoms with Gasteiger partial charge < -0.3 is 14.8 Å². The first kappa shape index (κ1) is 19.9. The minimum atomic E-state index is 0.399. The average molecular weight is 467 g/mol. The van der Waals surface area contributed by atoms with Crippen molar-refractivity contribution in [2.24, 2.45) is 0 Å². The van der Waals surface area contributed by atoms with Gasteiger partial charge in [-0.1, -0.05) is 51.3 Å². The molecule has 1 N–H and O–H groups in total. The smallest absolute Gasteiger partial charge is 0.156 e. The summed E-state index contributed by atoms with van der Waals surface area (Å²) in [6.07, 6.45) is 0. The second kappa shape index (κ2) is 9.36. The number of benzene rings is 3. The molecule has 0 aliphatic carbocycles. The lowest BCUT2D eigenvalue weighted by Crippen LogP contribution is -2.01. The van der Waals surface area contributed by atoms with E-state index in [-0.39, 0.29) is 0 Å². The van der Waals surface area contributed by atoms with Gasteiger partial charge in [-0.05, 0) is 59.7 Å². The van der Waals surface area contributed by atoms with Crippen LogP contribution in [-0.2, 0) is 13.2 Å². The summed E-state index contributed by atoms with van der Waals surface area (Å²) in [5, 5.41) is 4.31. The number of methoxy groups -OCH3 is 1. The third-order valence-corrected chi connectivity index (χ3v) is 5.03. The molecule has 0 fully saturated rings. The zero-order chi connectivity index (χ0) is 19.2. The van der Waals surface area contributed by atoms with Crippen LogP contribution in [0.15, 0.2) is 65.1 Å². The fraction of sp³-hybridized carbons (Fsp3) is 0.143. The maximum atomic E-state index is 6.39. The van der Waals surface area contributed by atoms with E-state index in [1.807, 2.05) is 60.7 Å². The van der Waals surface area contributed by atoms with E-state index in [0.717, 1.165) is 27.0 Å². The molecule has 6 heteroatoms. The Kier molecular flexibility index (Phi) is 6.89. The highest BCUT2D eigenvalue weighted by Gasteiger charge is 2.10. The summed E-state index contributed by atoms with van der Waals surface area (Å²) in [6.45, 7) is 0.995. The lowest BCUT2D eigenvalue weighted by molar-refractivity contribution is 0.306. The molecule has 0 saturated carbocycles. The Morgan fingerprint density at radius 1 is 0.889 bits per heavy atom. The van der Waals surface area contributed by atoms with Crippen LogP contribution in [0.5, 0.6) is 11.5 Å². The highest BCUT2D eigenvalue weighted by molar-refractivity contribution is 9.10. The standard InChI is InChI=1S/C21H18BrCl2NO2/c1-26-18-8-6-17(7-9-18)25-12-15-10-19(23)21(20(24)11-15)27-13-14-2-4-16(22)5-3-14/h2-11,25H,12-13H2,1H3. The van der Waals surface area contributed by atoms with E-state index in [9.17, 15) is 0 Å². The number of nitrogens with one attached hydrogen (secondary N) is 1. The molecule has 3 nitrogen and oxygen atoms in total. The van der Waals surface area contributed by atoms with Gasteiger partial charge in [-0.3, -0.25) is 0 Å². The van der Waals surface area contributed by atoms with Crippen LogP contribution in [0.1, 0.15) is 11.1 Å². The van der Waals surface area contributed by atoms with Gasteiger partial charge in [0.25, 0.3) is 0 Å². The van der Waals surface area contributed by atoms with E-state index >= 15 is 0 Å². The van der Waals surface area contributed by atoms with Gasteiger partial charge in [-0.2, -0.15) is 0 Å². The van der Waals surface area contributed by atoms with Crippen molar-refractivity contribution in [3.63, 3.8) is 0 Å². The first-order valence-electron chi connectivity index (χ1n) is 8.28. The van der Waals surface area contributed by atoms with E-state index in [4.69, 9.17) is 32.7 Å². The van der Waals surface area contributed by atoms with E-state index in [2.05, 4.69) is 21.2 Å². The minimum absolute atomic E-state index is 0.399. The second-order valence-corrected chi connectivity index (χ2v) is 7.62. The van der Waals surface area contributed by atoms with Crippen LogP contribution >= 0.6 is 39.1 Å². The lowest BCUT2D eigenvalue weighted by Gasteiger charge is -2.13. The molecule has 0 aliphatic heterocycles. The largest absolute Gasteiger partial charge is 0.497 e. The van der Waals surface area contributed by atoms with Crippen LogP contribution < -0.4 is 14.8 Å². The Balaban J connectivity index is 1.63. The lowest BCUT2D eigenvalue weighted by atomic mass is 10.2. The average Bonchev–Trinajstić information content (AvgIpc) is 2.67. The minimum Gasteiger partial charge on any atom is -0.497 e. The summed E-state index contributed by atoms with van der Waals surface area (Å²) in [7, 11) is 1.65. The van der Waals surface area contributed by atoms with E-state index < -0.39 is 0 Å². The molecule has 0 atom stereocenters. The van der Waals surface area contributed by atoms with Crippen LogP contribution in [0.4, 0.5) is 5.69 Å². The third kappa shape index (κ3) is 5.55. The maximum absolute atomic E-state index is 6.39. The molecule has 3 aromatic carbocycles. The van der Waals surface area contributed by atoms with Crippen LogP contribution in [0.3, 0.4) is 0 Å². The number of halogens is 3. The van der Waals surface area contributed by atoms with Crippen molar-refractivity contribution in [2.75, 3.05) is 12.4 Å². The van der Waals surface area contributed by atoms with Gasteiger partial charge in [0.15, 0.2) is 5.75 Å². The molecule has 0 aromatic heterocycles. The molecule has 0 heterocycles. The predicted molar refractivity (Wildman–Crippen MR) is 115 cm³/mol. The Hall–Kier alpha value is -1.88. The normalized spacial score (nSPS) is 10.5. The van der Waals surface area contributed by atoms with Crippen molar-refractivity contribution < 1.29 is 9.47 Å². The summed E-state index contributed by atoms with van der Waals surface area (Å²) in [4.78, 5) is 0. The Labute approximate surface area is 177 Å². The highest BCUT2D eigenvalue weighted by Crippen LogP contribution is 2.35. The third-order valence-electron chi connectivity index (χ3n) is 3.94. The first-order chi connectivity index (χ1) is 13.0. The summed E-state index contributed by atoms with van der Waals surface area (Å²) < 4.78 is 12.0. The molecule has 140 valence electrons. The number of hydrogen-bond donors (Lipinski definition) is 1. The summed E-state index contributed by atoms with van der Waals surface area (Å²) in [6, 6.07) is 19.4. The van der Waals surface area contributed by atoms with E-state index in [1.165, 1.54) is 0 Å². The summed E-state index contributed by atoms with van der Waals surface area (Å²) in [5.74, 6) is 1.31. The van der Waals surface area contributed by atoms with Gasteiger partial charge in [-0.15, -0.1) is 0 Å². The molecule has 0 bridgehead atoms. The quantitative estimate of drug-likeness (QED) is 0.408. The second-order valence-electron chi connectivity index (χ2n) is 5.89. The van der Waals surface area contributed by atoms with Crippen molar-refractivity contribution in [1.82, 2.24) is 0 Å². The molecule has 0 amide bonds. The fourth-order valence-electron chi connectivity index (χ4n) is 2.50. The molecule has 27 heavy (non-hydrogen) atoms. The van der Waals surface area contributed by atoms with Crippen molar-refractivity contribution in [3.8, 4) is 11.5 Å². The van der Waals surface area contributed by atoms with E-state index in [0.29, 0.717) is 28.9 Å². The van der Waals surface area contributed by atoms with Crippen LogP contribution in [0.25, 0.3) is 0 Å². The Morgan fingerprint density at radius 3 is 2.11 bits per heavy atom. The summed E-state index contributed by atoms with van der Waals surface area (Å²) >= 11 is 16.2. The first-order valence-corrected chi connectivity index (χ1v) is 9.83. The zero-order valence-corrected chi connectivity index (χ0v) is 17.7. The highest BCUT2D eigenvalue weighted by atomic mass is 79.9. The monoisotopic (exact) mass is 465 g/mol. The van der Waals surface area contributed by atoms with Crippen molar-refractivity contribution in [1.29, 1.82) is 0 Å². The van der Waals surface area contributed by atoms with Crippen molar-refractivity contribution in [2.45, 2.75) is 13.2 Å².